The van der Waals surface area contributed by atoms with Gasteiger partial charge in [-0.3, -0.25) is 0 Å². The van der Waals surface area contributed by atoms with Gasteiger partial charge in [-0.05, 0) is 89.8 Å². The average molecular weight is 807 g/mol. The molecule has 12 aromatic rings. The van der Waals surface area contributed by atoms with Gasteiger partial charge in [-0.25, -0.2) is 0 Å². The van der Waals surface area contributed by atoms with Gasteiger partial charge in [0.25, 0.3) is 6.71 Å². The van der Waals surface area contributed by atoms with Crippen molar-refractivity contribution in [3.05, 3.63) is 212 Å². The first kappa shape index (κ1) is 34.0. The quantitative estimate of drug-likeness (QED) is 0.161. The molecule has 0 saturated carbocycles. The molecule has 2 aliphatic heterocycles. The minimum atomic E-state index is -0.0335. The van der Waals surface area contributed by atoms with Crippen LogP contribution in [-0.2, 0) is 0 Å². The molecule has 5 heterocycles. The third-order valence-electron chi connectivity index (χ3n) is 13.2. The third kappa shape index (κ3) is 4.51. The van der Waals surface area contributed by atoms with E-state index in [0.717, 1.165) is 28.4 Å². The van der Waals surface area contributed by atoms with Crippen LogP contribution in [0.3, 0.4) is 0 Å². The van der Waals surface area contributed by atoms with E-state index in [-0.39, 0.29) is 6.71 Å². The first-order chi connectivity index (χ1) is 30.8. The van der Waals surface area contributed by atoms with Crippen LogP contribution in [0.2, 0.25) is 0 Å². The van der Waals surface area contributed by atoms with Crippen LogP contribution in [0.1, 0.15) is 0 Å². The number of anilines is 9. The van der Waals surface area contributed by atoms with E-state index in [2.05, 4.69) is 231 Å². The van der Waals surface area contributed by atoms with E-state index in [1.807, 2.05) is 11.3 Å². The molecule has 0 atom stereocenters. The zero-order valence-electron chi connectivity index (χ0n) is 33.5. The third-order valence-corrected chi connectivity index (χ3v) is 14.4. The van der Waals surface area contributed by atoms with Gasteiger partial charge in [0, 0.05) is 70.5 Å². The topological polar surface area (TPSA) is 14.1 Å². The van der Waals surface area contributed by atoms with Gasteiger partial charge in [0.15, 0.2) is 0 Å². The maximum absolute atomic E-state index is 2.62. The van der Waals surface area contributed by atoms with Crippen molar-refractivity contribution in [1.82, 2.24) is 4.40 Å². The maximum atomic E-state index is 2.62. The van der Waals surface area contributed by atoms with E-state index in [9.17, 15) is 0 Å². The van der Waals surface area contributed by atoms with E-state index in [1.54, 1.807) is 0 Å². The van der Waals surface area contributed by atoms with Gasteiger partial charge in [0.2, 0.25) is 0 Å². The second-order valence-corrected chi connectivity index (χ2v) is 17.5. The van der Waals surface area contributed by atoms with E-state index >= 15 is 0 Å². The number of hydrogen-bond acceptors (Lipinski definition) is 4. The lowest BCUT2D eigenvalue weighted by atomic mass is 9.36. The largest absolute Gasteiger partial charge is 0.311 e. The Morgan fingerprint density at radius 1 is 0.419 bits per heavy atom. The summed E-state index contributed by atoms with van der Waals surface area (Å²) in [6, 6.07) is 78.0. The van der Waals surface area contributed by atoms with Gasteiger partial charge in [-0.2, -0.15) is 0 Å². The lowest BCUT2D eigenvalue weighted by Gasteiger charge is -2.44. The van der Waals surface area contributed by atoms with Crippen LogP contribution < -0.4 is 30.4 Å². The van der Waals surface area contributed by atoms with E-state index in [0.29, 0.717) is 0 Å². The normalized spacial score (nSPS) is 13.1. The lowest BCUT2D eigenvalue weighted by molar-refractivity contribution is 1.25. The van der Waals surface area contributed by atoms with Crippen molar-refractivity contribution < 1.29 is 0 Å². The van der Waals surface area contributed by atoms with Gasteiger partial charge in [-0.15, -0.1) is 11.3 Å². The van der Waals surface area contributed by atoms with Gasteiger partial charge in [-0.1, -0.05) is 133 Å². The van der Waals surface area contributed by atoms with Gasteiger partial charge in [0.05, 0.1) is 33.6 Å². The van der Waals surface area contributed by atoms with Gasteiger partial charge < -0.3 is 19.1 Å². The Hall–Kier alpha value is -7.80. The average Bonchev–Trinajstić information content (AvgIpc) is 4.01. The standard InChI is InChI=1S/C56H35BN4S/c1-5-19-36(20-6-1)58(37-21-7-2-8-22-37)40-33-34-44-47(35-40)59(38-23-9-3-10-24-38)54-49-41-27-13-16-30-45(41)61-46-31-17-14-28-42(46)50(53(49)61)55-51(54)57(44)56-52(43-29-15-18-32-48(43)62-56)60(55)39-25-11-4-12-26-39/h1-35H. The summed E-state index contributed by atoms with van der Waals surface area (Å²) in [6.45, 7) is -0.0335. The molecule has 288 valence electrons. The first-order valence-corrected chi connectivity index (χ1v) is 22.1. The number of nitrogens with zero attached hydrogens (tertiary/aromatic N) is 4. The Bertz CT molecular complexity index is 3680. The summed E-state index contributed by atoms with van der Waals surface area (Å²) in [4.78, 5) is 7.61. The second kappa shape index (κ2) is 12.9. The molecule has 0 saturated heterocycles. The maximum Gasteiger partial charge on any atom is 0.264 e. The Morgan fingerprint density at radius 3 is 1.53 bits per heavy atom. The Labute approximate surface area is 362 Å². The predicted molar refractivity (Wildman–Crippen MR) is 265 cm³/mol. The predicted octanol–water partition coefficient (Wildman–Crippen LogP) is 13.6. The molecule has 14 rings (SSSR count). The highest BCUT2D eigenvalue weighted by molar-refractivity contribution is 7.33. The number of aromatic nitrogens is 1. The summed E-state index contributed by atoms with van der Waals surface area (Å²) in [5, 5.41) is 6.40. The molecule has 4 nitrogen and oxygen atoms in total. The van der Waals surface area contributed by atoms with E-state index in [1.165, 1.54) is 86.6 Å². The van der Waals surface area contributed by atoms with Crippen molar-refractivity contribution in [2.24, 2.45) is 0 Å². The summed E-state index contributed by atoms with van der Waals surface area (Å²) in [5.74, 6) is 0. The summed E-state index contributed by atoms with van der Waals surface area (Å²) < 4.78 is 5.22. The van der Waals surface area contributed by atoms with Crippen LogP contribution in [-0.4, -0.2) is 11.1 Å². The SMILES string of the molecule is c1ccc(N(c2ccccc2)c2ccc3c(c2)N(c2ccccc2)c2c4c(c5c6ccccc6n6c7ccccc7c2c56)N(c2ccccc2)c2c(sc5ccccc25)B34)cc1. The van der Waals surface area contributed by atoms with Crippen molar-refractivity contribution in [3.8, 4) is 0 Å². The number of benzene rings is 9. The smallest absolute Gasteiger partial charge is 0.264 e. The Balaban J connectivity index is 1.20. The van der Waals surface area contributed by atoms with Crippen molar-refractivity contribution in [3.63, 3.8) is 0 Å². The van der Waals surface area contributed by atoms with Crippen molar-refractivity contribution in [2.75, 3.05) is 14.7 Å². The van der Waals surface area contributed by atoms with Crippen LogP contribution in [0.4, 0.5) is 51.2 Å². The number of hydrogen-bond donors (Lipinski definition) is 0. The zero-order chi connectivity index (χ0) is 40.5. The van der Waals surface area contributed by atoms with Crippen molar-refractivity contribution in [1.29, 1.82) is 0 Å². The number of thiophene rings is 1. The molecule has 0 fully saturated rings. The van der Waals surface area contributed by atoms with Gasteiger partial charge in [0.1, 0.15) is 0 Å². The Morgan fingerprint density at radius 2 is 0.919 bits per heavy atom. The first-order valence-electron chi connectivity index (χ1n) is 21.3. The number of fused-ring (bicyclic) bond motifs is 14. The molecule has 2 aliphatic rings. The molecule has 0 amide bonds. The molecule has 0 spiro atoms. The highest BCUT2D eigenvalue weighted by Gasteiger charge is 2.48. The van der Waals surface area contributed by atoms with Crippen LogP contribution in [0.25, 0.3) is 48.2 Å². The van der Waals surface area contributed by atoms with Crippen molar-refractivity contribution in [2.45, 2.75) is 0 Å². The highest BCUT2D eigenvalue weighted by atomic mass is 32.1. The molecule has 9 aromatic carbocycles. The van der Waals surface area contributed by atoms with E-state index < -0.39 is 0 Å². The van der Waals surface area contributed by atoms with Crippen LogP contribution in [0.5, 0.6) is 0 Å². The van der Waals surface area contributed by atoms with Crippen LogP contribution >= 0.6 is 11.3 Å². The monoisotopic (exact) mass is 806 g/mol. The molecule has 3 aromatic heterocycles. The second-order valence-electron chi connectivity index (χ2n) is 16.4. The molecular weight excluding hydrogens is 772 g/mol. The minimum absolute atomic E-state index is 0.0335. The molecule has 6 heteroatoms. The summed E-state index contributed by atoms with van der Waals surface area (Å²) in [6.07, 6.45) is 0. The van der Waals surface area contributed by atoms with Crippen LogP contribution in [0.15, 0.2) is 212 Å². The fourth-order valence-electron chi connectivity index (χ4n) is 10.9. The lowest BCUT2D eigenvalue weighted by Crippen LogP contribution is -2.60. The Kier molecular flexibility index (Phi) is 7.04. The summed E-state index contributed by atoms with van der Waals surface area (Å²) in [5.41, 5.74) is 17.0. The molecule has 0 bridgehead atoms. The van der Waals surface area contributed by atoms with E-state index in [4.69, 9.17) is 0 Å². The number of rotatable bonds is 5. The molecular formula is C56H35BN4S. The highest BCUT2D eigenvalue weighted by Crippen LogP contribution is 2.56. The van der Waals surface area contributed by atoms with Gasteiger partial charge >= 0.3 is 0 Å². The molecule has 0 radical (unpaired) electrons. The molecule has 62 heavy (non-hydrogen) atoms. The number of para-hydroxylation sites is 6. The fourth-order valence-corrected chi connectivity index (χ4v) is 12.2. The van der Waals surface area contributed by atoms with Crippen molar-refractivity contribution >= 4 is 133 Å². The van der Waals surface area contributed by atoms with Crippen LogP contribution in [0, 0.1) is 0 Å². The summed E-state index contributed by atoms with van der Waals surface area (Å²) in [7, 11) is 0. The zero-order valence-corrected chi connectivity index (χ0v) is 34.3. The minimum Gasteiger partial charge on any atom is -0.311 e. The molecule has 0 N–H and O–H groups in total. The molecule has 0 unspecified atom stereocenters. The fraction of sp³-hybridized carbons (Fsp3) is 0. The summed E-state index contributed by atoms with van der Waals surface area (Å²) >= 11 is 1.95. The molecule has 0 aliphatic carbocycles.